The van der Waals surface area contributed by atoms with Crippen molar-refractivity contribution in [2.75, 3.05) is 6.54 Å². The van der Waals surface area contributed by atoms with E-state index in [1.54, 1.807) is 18.3 Å². The minimum absolute atomic E-state index is 0.0763. The highest BCUT2D eigenvalue weighted by atomic mass is 19.1. The number of piperidine rings is 1. The Bertz CT molecular complexity index is 1360. The number of ether oxygens (including phenoxy) is 1. The van der Waals surface area contributed by atoms with E-state index in [1.807, 2.05) is 46.7 Å². The van der Waals surface area contributed by atoms with E-state index in [9.17, 15) is 9.18 Å². The fraction of sp³-hybridized carbons (Fsp3) is 0.222. The maximum Gasteiger partial charge on any atom is 0.246 e. The first-order valence-electron chi connectivity index (χ1n) is 11.4. The van der Waals surface area contributed by atoms with E-state index >= 15 is 0 Å². The van der Waals surface area contributed by atoms with Crippen LogP contribution in [0.25, 0.3) is 16.8 Å². The Hall–Kier alpha value is -4.00. The number of benzene rings is 2. The number of amides is 1. The molecule has 2 aromatic heterocycles. The van der Waals surface area contributed by atoms with E-state index < -0.39 is 0 Å². The first-order valence-corrected chi connectivity index (χ1v) is 11.4. The molecule has 0 unspecified atom stereocenters. The average Bonchev–Trinajstić information content (AvgIpc) is 3.25. The summed E-state index contributed by atoms with van der Waals surface area (Å²) in [6.07, 6.45) is 7.89. The summed E-state index contributed by atoms with van der Waals surface area (Å²) in [6.45, 7) is 6.32. The normalized spacial score (nSPS) is 15.9. The summed E-state index contributed by atoms with van der Waals surface area (Å²) in [5.41, 5.74) is 3.47. The number of aromatic nitrogens is 3. The van der Waals surface area contributed by atoms with Gasteiger partial charge in [0.25, 0.3) is 0 Å². The van der Waals surface area contributed by atoms with E-state index in [0.717, 1.165) is 47.6 Å². The van der Waals surface area contributed by atoms with E-state index in [0.29, 0.717) is 18.0 Å². The molecule has 1 aliphatic rings. The van der Waals surface area contributed by atoms with Crippen molar-refractivity contribution in [1.82, 2.24) is 19.3 Å². The summed E-state index contributed by atoms with van der Waals surface area (Å²) < 4.78 is 21.3. The molecule has 0 aliphatic carbocycles. The molecule has 1 atom stereocenters. The zero-order valence-corrected chi connectivity index (χ0v) is 18.9. The quantitative estimate of drug-likeness (QED) is 0.352. The third-order valence-electron chi connectivity index (χ3n) is 6.18. The molecule has 1 amide bonds. The van der Waals surface area contributed by atoms with Crippen LogP contribution in [-0.2, 0) is 4.79 Å². The summed E-state index contributed by atoms with van der Waals surface area (Å²) >= 11 is 0. The fourth-order valence-electron chi connectivity index (χ4n) is 4.58. The van der Waals surface area contributed by atoms with Crippen molar-refractivity contribution < 1.29 is 13.9 Å². The smallest absolute Gasteiger partial charge is 0.246 e. The Morgan fingerprint density at radius 3 is 2.76 bits per heavy atom. The lowest BCUT2D eigenvalue weighted by atomic mass is 10.0. The molecule has 3 heterocycles. The number of carbonyl (C=O) groups is 1. The van der Waals surface area contributed by atoms with Crippen LogP contribution in [0.5, 0.6) is 11.5 Å². The van der Waals surface area contributed by atoms with E-state index in [2.05, 4.69) is 11.6 Å². The topological polar surface area (TPSA) is 59.7 Å². The van der Waals surface area contributed by atoms with Crippen molar-refractivity contribution >= 4 is 11.4 Å². The monoisotopic (exact) mass is 456 g/mol. The van der Waals surface area contributed by atoms with Gasteiger partial charge in [-0.15, -0.1) is 0 Å². The number of fused-ring (bicyclic) bond motifs is 1. The lowest BCUT2D eigenvalue weighted by Crippen LogP contribution is -2.38. The van der Waals surface area contributed by atoms with Gasteiger partial charge in [0, 0.05) is 30.6 Å². The Morgan fingerprint density at radius 1 is 1.18 bits per heavy atom. The molecule has 2 aromatic carbocycles. The lowest BCUT2D eigenvalue weighted by molar-refractivity contribution is -0.129. The summed E-state index contributed by atoms with van der Waals surface area (Å²) in [7, 11) is 0. The first kappa shape index (κ1) is 21.8. The number of nitrogens with zero attached hydrogens (tertiary/aromatic N) is 4. The first-order chi connectivity index (χ1) is 16.5. The maximum atomic E-state index is 13.5. The second kappa shape index (κ2) is 9.09. The highest BCUT2D eigenvalue weighted by molar-refractivity contribution is 5.87. The Morgan fingerprint density at radius 2 is 2.00 bits per heavy atom. The van der Waals surface area contributed by atoms with Crippen molar-refractivity contribution in [3.63, 3.8) is 0 Å². The van der Waals surface area contributed by atoms with Crippen LogP contribution in [0.2, 0.25) is 0 Å². The fourth-order valence-corrected chi connectivity index (χ4v) is 4.58. The molecule has 1 fully saturated rings. The molecule has 6 nitrogen and oxygen atoms in total. The van der Waals surface area contributed by atoms with Crippen molar-refractivity contribution in [2.45, 2.75) is 32.2 Å². The van der Waals surface area contributed by atoms with Crippen LogP contribution in [0.3, 0.4) is 0 Å². The van der Waals surface area contributed by atoms with Gasteiger partial charge in [-0.25, -0.2) is 9.37 Å². The standard InChI is InChI=1S/C27H25FN4O2/c1-3-24(33)31-15-5-4-9-23(31)27-30-25(26-18(2)29-14-16-32(26)27)19-10-12-21(13-11-19)34-22-8-6-7-20(28)17-22/h3,6-8,10-14,16-17,23H,1,4-5,9,15H2,2H3/t23-/m0/s1. The van der Waals surface area contributed by atoms with Crippen LogP contribution in [0.1, 0.15) is 36.8 Å². The van der Waals surface area contributed by atoms with Crippen molar-refractivity contribution in [3.05, 3.63) is 90.9 Å². The summed E-state index contributed by atoms with van der Waals surface area (Å²) in [6, 6.07) is 13.5. The molecular weight excluding hydrogens is 431 g/mol. The molecule has 0 spiro atoms. The van der Waals surface area contributed by atoms with Gasteiger partial charge in [-0.1, -0.05) is 12.6 Å². The van der Waals surface area contributed by atoms with Gasteiger partial charge in [-0.05, 0) is 68.7 Å². The summed E-state index contributed by atoms with van der Waals surface area (Å²) in [5.74, 6) is 1.44. The van der Waals surface area contributed by atoms with Gasteiger partial charge in [0.1, 0.15) is 23.1 Å². The molecule has 0 radical (unpaired) electrons. The van der Waals surface area contributed by atoms with Gasteiger partial charge < -0.3 is 9.64 Å². The summed E-state index contributed by atoms with van der Waals surface area (Å²) in [4.78, 5) is 23.9. The Labute approximate surface area is 197 Å². The Kier molecular flexibility index (Phi) is 5.84. The molecule has 1 aliphatic heterocycles. The predicted octanol–water partition coefficient (Wildman–Crippen LogP) is 5.88. The number of carbonyl (C=O) groups excluding carboxylic acids is 1. The number of hydrogen-bond donors (Lipinski definition) is 0. The van der Waals surface area contributed by atoms with Gasteiger partial charge in [0.2, 0.25) is 5.91 Å². The van der Waals surface area contributed by atoms with E-state index in [-0.39, 0.29) is 17.8 Å². The number of aryl methyl sites for hydroxylation is 1. The third kappa shape index (κ3) is 4.05. The van der Waals surface area contributed by atoms with Crippen LogP contribution < -0.4 is 4.74 Å². The zero-order valence-electron chi connectivity index (χ0n) is 18.9. The molecule has 34 heavy (non-hydrogen) atoms. The highest BCUT2D eigenvalue weighted by Gasteiger charge is 2.31. The van der Waals surface area contributed by atoms with Crippen LogP contribution in [0.15, 0.2) is 73.6 Å². The average molecular weight is 457 g/mol. The Balaban J connectivity index is 1.54. The lowest BCUT2D eigenvalue weighted by Gasteiger charge is -2.34. The van der Waals surface area contributed by atoms with Gasteiger partial charge in [0.05, 0.1) is 22.9 Å². The van der Waals surface area contributed by atoms with Crippen LogP contribution in [-0.4, -0.2) is 31.7 Å². The molecular formula is C27H25FN4O2. The molecule has 7 heteroatoms. The van der Waals surface area contributed by atoms with Crippen LogP contribution in [0.4, 0.5) is 4.39 Å². The van der Waals surface area contributed by atoms with Gasteiger partial charge in [-0.2, -0.15) is 0 Å². The van der Waals surface area contributed by atoms with E-state index in [4.69, 9.17) is 9.72 Å². The zero-order chi connectivity index (χ0) is 23.7. The van der Waals surface area contributed by atoms with Crippen molar-refractivity contribution in [2.24, 2.45) is 0 Å². The number of halogens is 1. The molecule has 5 rings (SSSR count). The number of rotatable bonds is 5. The van der Waals surface area contributed by atoms with Crippen LogP contribution in [0, 0.1) is 12.7 Å². The molecule has 0 saturated carbocycles. The molecule has 4 aromatic rings. The SMILES string of the molecule is C=CC(=O)N1CCCC[C@H]1c1nc(-c2ccc(Oc3cccc(F)c3)cc2)c2c(C)nccn12. The minimum Gasteiger partial charge on any atom is -0.457 e. The largest absolute Gasteiger partial charge is 0.457 e. The second-order valence-electron chi connectivity index (χ2n) is 8.38. The van der Waals surface area contributed by atoms with Gasteiger partial charge >= 0.3 is 0 Å². The molecule has 1 saturated heterocycles. The van der Waals surface area contributed by atoms with Gasteiger partial charge in [-0.3, -0.25) is 14.2 Å². The predicted molar refractivity (Wildman–Crippen MR) is 128 cm³/mol. The number of likely N-dealkylation sites (tertiary alicyclic amines) is 1. The third-order valence-corrected chi connectivity index (χ3v) is 6.18. The minimum atomic E-state index is -0.346. The maximum absolute atomic E-state index is 13.5. The molecule has 0 N–H and O–H groups in total. The van der Waals surface area contributed by atoms with Crippen molar-refractivity contribution in [3.8, 4) is 22.8 Å². The molecule has 0 bridgehead atoms. The van der Waals surface area contributed by atoms with Crippen molar-refractivity contribution in [1.29, 1.82) is 0 Å². The number of hydrogen-bond acceptors (Lipinski definition) is 4. The number of imidazole rings is 1. The van der Waals surface area contributed by atoms with E-state index in [1.165, 1.54) is 18.2 Å². The highest BCUT2D eigenvalue weighted by Crippen LogP contribution is 2.36. The van der Waals surface area contributed by atoms with Gasteiger partial charge in [0.15, 0.2) is 0 Å². The second-order valence-corrected chi connectivity index (χ2v) is 8.38. The summed E-state index contributed by atoms with van der Waals surface area (Å²) in [5, 5.41) is 0. The van der Waals surface area contributed by atoms with Crippen LogP contribution >= 0.6 is 0 Å². The molecule has 172 valence electrons.